The fourth-order valence-electron chi connectivity index (χ4n) is 3.36. The molecule has 0 saturated carbocycles. The van der Waals surface area contributed by atoms with Gasteiger partial charge in [-0.1, -0.05) is 35.5 Å². The third kappa shape index (κ3) is 5.72. The molecule has 35 heavy (non-hydrogen) atoms. The van der Waals surface area contributed by atoms with E-state index < -0.39 is 58.6 Å². The van der Waals surface area contributed by atoms with E-state index in [4.69, 9.17) is 4.55 Å². The quantitative estimate of drug-likeness (QED) is 0.115. The SMILES string of the molecule is CON=CCN1CCN(C(=O)NC(C(=O)NC2CN(S(=O)(=O)O)C2=O)c2ccccc2)C(=O)C1=O. The highest BCUT2D eigenvalue weighted by atomic mass is 32.2. The fourth-order valence-corrected chi connectivity index (χ4v) is 4.05. The summed E-state index contributed by atoms with van der Waals surface area (Å²) in [7, 11) is -3.43. The zero-order valence-corrected chi connectivity index (χ0v) is 19.2. The van der Waals surface area contributed by atoms with Crippen molar-refractivity contribution in [2.45, 2.75) is 12.1 Å². The predicted octanol–water partition coefficient (Wildman–Crippen LogP) is -2.13. The molecule has 0 bridgehead atoms. The van der Waals surface area contributed by atoms with E-state index >= 15 is 0 Å². The lowest BCUT2D eigenvalue weighted by Gasteiger charge is -2.36. The molecule has 1 aromatic carbocycles. The number of oxime groups is 1. The number of hydrogen-bond acceptors (Lipinski definition) is 9. The van der Waals surface area contributed by atoms with Crippen LogP contribution in [0.1, 0.15) is 11.6 Å². The maximum atomic E-state index is 12.9. The summed E-state index contributed by atoms with van der Waals surface area (Å²) in [5.74, 6) is -3.97. The first kappa shape index (κ1) is 25.6. The van der Waals surface area contributed by atoms with Gasteiger partial charge < -0.3 is 20.4 Å². The zero-order valence-electron chi connectivity index (χ0n) is 18.4. The number of carbonyl (C=O) groups excluding carboxylic acids is 5. The fraction of sp³-hybridized carbons (Fsp3) is 0.368. The van der Waals surface area contributed by atoms with Crippen molar-refractivity contribution >= 4 is 46.2 Å². The average Bonchev–Trinajstić information content (AvgIpc) is 2.82. The minimum Gasteiger partial charge on any atom is -0.399 e. The van der Waals surface area contributed by atoms with Gasteiger partial charge in [-0.25, -0.2) is 9.10 Å². The minimum absolute atomic E-state index is 0.00108. The summed E-state index contributed by atoms with van der Waals surface area (Å²) in [6.07, 6.45) is 1.28. The van der Waals surface area contributed by atoms with Crippen LogP contribution < -0.4 is 10.6 Å². The number of amides is 6. The Bertz CT molecular complexity index is 1160. The van der Waals surface area contributed by atoms with Gasteiger partial charge in [0.05, 0.1) is 19.3 Å². The molecule has 2 saturated heterocycles. The Morgan fingerprint density at radius 3 is 2.49 bits per heavy atom. The van der Waals surface area contributed by atoms with Crippen LogP contribution >= 0.6 is 0 Å². The average molecular weight is 510 g/mol. The summed E-state index contributed by atoms with van der Waals surface area (Å²) >= 11 is 0. The van der Waals surface area contributed by atoms with Gasteiger partial charge in [-0.15, -0.1) is 0 Å². The van der Waals surface area contributed by atoms with E-state index in [1.165, 1.54) is 30.4 Å². The maximum Gasteiger partial charge on any atom is 0.362 e. The smallest absolute Gasteiger partial charge is 0.362 e. The first-order valence-electron chi connectivity index (χ1n) is 10.1. The van der Waals surface area contributed by atoms with Crippen LogP contribution in [-0.2, 0) is 34.3 Å². The molecule has 16 heteroatoms. The monoisotopic (exact) mass is 510 g/mol. The Hall–Kier alpha value is -4.05. The van der Waals surface area contributed by atoms with Gasteiger partial charge in [0, 0.05) is 13.1 Å². The van der Waals surface area contributed by atoms with Gasteiger partial charge in [0.15, 0.2) is 0 Å². The summed E-state index contributed by atoms with van der Waals surface area (Å²) in [4.78, 5) is 68.8. The van der Waals surface area contributed by atoms with E-state index in [0.717, 1.165) is 0 Å². The minimum atomic E-state index is -4.75. The lowest BCUT2D eigenvalue weighted by molar-refractivity contribution is -0.153. The normalized spacial score (nSPS) is 19.4. The molecule has 15 nitrogen and oxygen atoms in total. The van der Waals surface area contributed by atoms with E-state index in [2.05, 4.69) is 20.6 Å². The Balaban J connectivity index is 1.70. The largest absolute Gasteiger partial charge is 0.399 e. The van der Waals surface area contributed by atoms with Gasteiger partial charge in [-0.2, -0.15) is 8.42 Å². The van der Waals surface area contributed by atoms with Crippen molar-refractivity contribution in [1.29, 1.82) is 0 Å². The van der Waals surface area contributed by atoms with Crippen molar-refractivity contribution in [2.24, 2.45) is 5.16 Å². The highest BCUT2D eigenvalue weighted by Gasteiger charge is 2.45. The molecule has 188 valence electrons. The van der Waals surface area contributed by atoms with Crippen LogP contribution in [0.25, 0.3) is 0 Å². The second-order valence-corrected chi connectivity index (χ2v) is 8.72. The predicted molar refractivity (Wildman–Crippen MR) is 117 cm³/mol. The first-order chi connectivity index (χ1) is 16.5. The lowest BCUT2D eigenvalue weighted by Crippen LogP contribution is -2.66. The molecule has 2 heterocycles. The van der Waals surface area contributed by atoms with Crippen LogP contribution in [0, 0.1) is 0 Å². The van der Waals surface area contributed by atoms with Gasteiger partial charge in [0.1, 0.15) is 19.2 Å². The number of hydrogen-bond donors (Lipinski definition) is 3. The van der Waals surface area contributed by atoms with E-state index in [1.54, 1.807) is 18.2 Å². The molecule has 0 aromatic heterocycles. The molecular formula is C19H22N6O9S. The number of urea groups is 1. The Morgan fingerprint density at radius 1 is 1.20 bits per heavy atom. The molecule has 2 unspecified atom stereocenters. The highest BCUT2D eigenvalue weighted by molar-refractivity contribution is 7.84. The number of rotatable bonds is 8. The van der Waals surface area contributed by atoms with Crippen LogP contribution in [0.2, 0.25) is 0 Å². The maximum absolute atomic E-state index is 12.9. The van der Waals surface area contributed by atoms with Crippen LogP contribution in [0.5, 0.6) is 0 Å². The lowest BCUT2D eigenvalue weighted by atomic mass is 10.0. The number of imide groups is 1. The summed E-state index contributed by atoms with van der Waals surface area (Å²) in [6, 6.07) is 4.22. The van der Waals surface area contributed by atoms with Crippen molar-refractivity contribution in [1.82, 2.24) is 24.7 Å². The molecule has 3 rings (SSSR count). The van der Waals surface area contributed by atoms with Crippen molar-refractivity contribution in [2.75, 3.05) is 33.3 Å². The van der Waals surface area contributed by atoms with Crippen LogP contribution in [0.4, 0.5) is 4.79 Å². The van der Waals surface area contributed by atoms with Crippen molar-refractivity contribution in [3.63, 3.8) is 0 Å². The second-order valence-electron chi connectivity index (χ2n) is 7.38. The molecule has 0 aliphatic carbocycles. The molecule has 2 aliphatic rings. The third-order valence-corrected chi connectivity index (χ3v) is 6.07. The molecule has 0 radical (unpaired) electrons. The van der Waals surface area contributed by atoms with Gasteiger partial charge >= 0.3 is 28.1 Å². The molecule has 3 N–H and O–H groups in total. The number of β-lactam (4-membered cyclic amide) rings is 1. The zero-order chi connectivity index (χ0) is 25.8. The van der Waals surface area contributed by atoms with E-state index in [1.807, 2.05) is 0 Å². The van der Waals surface area contributed by atoms with Crippen LogP contribution in [-0.4, -0.2) is 102 Å². The topological polar surface area (TPSA) is 195 Å². The number of nitrogens with one attached hydrogen (secondary N) is 2. The standard InChI is InChI=1S/C19H22N6O9S/c1-34-20-7-8-23-9-10-24(18(29)17(23)28)19(30)22-14(12-5-3-2-4-6-12)15(26)21-13-11-25(16(13)27)35(31,32)33/h2-7,13-14H,8-11H2,1H3,(H,21,26)(H,22,30)(H,31,32,33). The van der Waals surface area contributed by atoms with Crippen LogP contribution in [0.3, 0.4) is 0 Å². The summed E-state index contributed by atoms with van der Waals surface area (Å²) < 4.78 is 31.3. The molecule has 2 atom stereocenters. The Morgan fingerprint density at radius 2 is 1.89 bits per heavy atom. The Kier molecular flexibility index (Phi) is 7.65. The number of piperazine rings is 1. The van der Waals surface area contributed by atoms with E-state index in [0.29, 0.717) is 10.5 Å². The van der Waals surface area contributed by atoms with Crippen molar-refractivity contribution in [3.05, 3.63) is 35.9 Å². The molecule has 2 aliphatic heterocycles. The second kappa shape index (κ2) is 10.5. The van der Waals surface area contributed by atoms with Crippen molar-refractivity contribution in [3.8, 4) is 0 Å². The summed E-state index contributed by atoms with van der Waals surface area (Å²) in [6.45, 7) is -0.609. The van der Waals surface area contributed by atoms with Crippen molar-refractivity contribution < 1.29 is 41.8 Å². The molecule has 6 amide bonds. The van der Waals surface area contributed by atoms with Crippen LogP contribution in [0.15, 0.2) is 35.5 Å². The molecule has 1 aromatic rings. The van der Waals surface area contributed by atoms with Gasteiger partial charge in [0.2, 0.25) is 5.91 Å². The number of carbonyl (C=O) groups is 5. The summed E-state index contributed by atoms with van der Waals surface area (Å²) in [5.41, 5.74) is 0.296. The van der Waals surface area contributed by atoms with E-state index in [9.17, 15) is 32.4 Å². The molecular weight excluding hydrogens is 488 g/mol. The van der Waals surface area contributed by atoms with E-state index in [-0.39, 0.29) is 23.9 Å². The van der Waals surface area contributed by atoms with Gasteiger partial charge in [-0.3, -0.25) is 28.6 Å². The summed E-state index contributed by atoms with van der Waals surface area (Å²) in [5, 5.41) is 8.17. The van der Waals surface area contributed by atoms with Gasteiger partial charge in [-0.05, 0) is 5.56 Å². The molecule has 2 fully saturated rings. The highest BCUT2D eigenvalue weighted by Crippen LogP contribution is 2.18. The molecule has 0 spiro atoms. The Labute approximate surface area is 199 Å². The first-order valence-corrected chi connectivity index (χ1v) is 11.5. The third-order valence-electron chi connectivity index (χ3n) is 5.19. The van der Waals surface area contributed by atoms with Gasteiger partial charge in [0.25, 0.3) is 5.91 Å². The number of benzene rings is 1. The number of nitrogens with zero attached hydrogens (tertiary/aromatic N) is 4.